The van der Waals surface area contributed by atoms with Crippen molar-refractivity contribution in [1.82, 2.24) is 4.90 Å². The Labute approximate surface area is 247 Å². The van der Waals surface area contributed by atoms with Crippen molar-refractivity contribution >= 4 is 40.1 Å². The largest absolute Gasteiger partial charge is 0.450 e. The standard InChI is InChI=1S/C35H27ClN2O4/c1-20-8-10-24(11-9-20)19-38-33(40)32-30(31(39)26-16-21(2)22(3)17-29(26)42-32)35(38)27-6-4-5-7-28(27)37(34(35)41)18-23-12-14-25(36)15-13-23/h4-17H,18-19H2,1-3H3. The first-order valence-corrected chi connectivity index (χ1v) is 14.2. The third kappa shape index (κ3) is 3.68. The SMILES string of the molecule is Cc1ccc(CN2C(=O)c3oc4cc(C)c(C)cc4c(=O)c3C23C(=O)N(Cc2ccc(Cl)cc2)c2ccccc23)cc1. The zero-order valence-corrected chi connectivity index (χ0v) is 24.2. The Bertz CT molecular complexity index is 2000. The Kier molecular flexibility index (Phi) is 5.89. The lowest BCUT2D eigenvalue weighted by atomic mass is 9.83. The number of fused-ring (bicyclic) bond motifs is 5. The molecule has 7 rings (SSSR count). The first-order valence-electron chi connectivity index (χ1n) is 13.8. The zero-order chi connectivity index (χ0) is 29.3. The molecule has 4 aromatic carbocycles. The van der Waals surface area contributed by atoms with Gasteiger partial charge < -0.3 is 14.2 Å². The summed E-state index contributed by atoms with van der Waals surface area (Å²) in [5.41, 5.74) is 4.23. The highest BCUT2D eigenvalue weighted by molar-refractivity contribution is 6.30. The van der Waals surface area contributed by atoms with E-state index in [1.165, 1.54) is 4.90 Å². The van der Waals surface area contributed by atoms with Crippen LogP contribution in [-0.2, 0) is 23.4 Å². The molecule has 6 nitrogen and oxygen atoms in total. The first-order chi connectivity index (χ1) is 20.2. The summed E-state index contributed by atoms with van der Waals surface area (Å²) in [5.74, 6) is -0.938. The van der Waals surface area contributed by atoms with E-state index in [0.717, 1.165) is 27.8 Å². The Balaban J connectivity index is 1.51. The number of nitrogens with zero attached hydrogens (tertiary/aromatic N) is 2. The number of amides is 2. The minimum atomic E-state index is -1.69. The summed E-state index contributed by atoms with van der Waals surface area (Å²) in [6.45, 7) is 6.21. The van der Waals surface area contributed by atoms with Crippen molar-refractivity contribution in [2.24, 2.45) is 0 Å². The number of carbonyl (C=O) groups is 2. The lowest BCUT2D eigenvalue weighted by Crippen LogP contribution is -2.52. The molecular weight excluding hydrogens is 548 g/mol. The molecule has 0 N–H and O–H groups in total. The Morgan fingerprint density at radius 3 is 2.17 bits per heavy atom. The van der Waals surface area contributed by atoms with E-state index in [2.05, 4.69) is 0 Å². The fourth-order valence-corrected chi connectivity index (χ4v) is 6.40. The van der Waals surface area contributed by atoms with E-state index in [0.29, 0.717) is 27.2 Å². The van der Waals surface area contributed by atoms with Gasteiger partial charge in [-0.2, -0.15) is 0 Å². The quantitative estimate of drug-likeness (QED) is 0.236. The van der Waals surface area contributed by atoms with Crippen molar-refractivity contribution in [1.29, 1.82) is 0 Å². The highest BCUT2D eigenvalue weighted by Gasteiger charge is 2.65. The van der Waals surface area contributed by atoms with Crippen molar-refractivity contribution in [3.63, 3.8) is 0 Å². The molecule has 7 heteroatoms. The minimum Gasteiger partial charge on any atom is -0.450 e. The van der Waals surface area contributed by atoms with Gasteiger partial charge in [0.05, 0.1) is 23.2 Å². The van der Waals surface area contributed by atoms with Crippen LogP contribution in [0, 0.1) is 20.8 Å². The molecule has 0 radical (unpaired) electrons. The molecule has 3 heterocycles. The summed E-state index contributed by atoms with van der Waals surface area (Å²) in [6.07, 6.45) is 0. The van der Waals surface area contributed by atoms with Gasteiger partial charge in [0.2, 0.25) is 5.76 Å². The van der Waals surface area contributed by atoms with E-state index >= 15 is 0 Å². The molecule has 0 fully saturated rings. The van der Waals surface area contributed by atoms with Crippen LogP contribution in [0.4, 0.5) is 5.69 Å². The Morgan fingerprint density at radius 2 is 1.43 bits per heavy atom. The van der Waals surface area contributed by atoms with E-state index in [-0.39, 0.29) is 35.7 Å². The highest BCUT2D eigenvalue weighted by Crippen LogP contribution is 2.53. The maximum absolute atomic E-state index is 15.0. The average Bonchev–Trinajstić information content (AvgIpc) is 3.37. The smallest absolute Gasteiger partial charge is 0.291 e. The van der Waals surface area contributed by atoms with Gasteiger partial charge in [0.15, 0.2) is 11.0 Å². The first kappa shape index (κ1) is 26.2. The number of benzene rings is 4. The zero-order valence-electron chi connectivity index (χ0n) is 23.4. The summed E-state index contributed by atoms with van der Waals surface area (Å²) in [5, 5.41) is 0.945. The third-order valence-electron chi connectivity index (χ3n) is 8.57. The third-order valence-corrected chi connectivity index (χ3v) is 8.82. The predicted molar refractivity (Wildman–Crippen MR) is 163 cm³/mol. The van der Waals surface area contributed by atoms with Crippen LogP contribution in [0.3, 0.4) is 0 Å². The normalized spacial score (nSPS) is 17.4. The van der Waals surface area contributed by atoms with Crippen molar-refractivity contribution in [2.45, 2.75) is 39.4 Å². The molecule has 5 aromatic rings. The molecule has 0 aliphatic carbocycles. The van der Waals surface area contributed by atoms with Crippen LogP contribution in [0.25, 0.3) is 11.0 Å². The number of carbonyl (C=O) groups excluding carboxylic acids is 2. The number of halogens is 1. The molecule has 0 bridgehead atoms. The van der Waals surface area contributed by atoms with Gasteiger partial charge in [-0.25, -0.2) is 0 Å². The second kappa shape index (κ2) is 9.43. The highest BCUT2D eigenvalue weighted by atomic mass is 35.5. The second-order valence-corrected chi connectivity index (χ2v) is 11.6. The fourth-order valence-electron chi connectivity index (χ4n) is 6.27. The molecule has 2 aliphatic rings. The monoisotopic (exact) mass is 574 g/mol. The summed E-state index contributed by atoms with van der Waals surface area (Å²) < 4.78 is 6.26. The lowest BCUT2D eigenvalue weighted by molar-refractivity contribution is -0.126. The van der Waals surface area contributed by atoms with Gasteiger partial charge in [0.1, 0.15) is 5.58 Å². The lowest BCUT2D eigenvalue weighted by Gasteiger charge is -2.34. The molecule has 42 heavy (non-hydrogen) atoms. The Hall–Kier alpha value is -4.68. The molecule has 0 saturated carbocycles. The molecule has 1 spiro atoms. The number of para-hydroxylation sites is 1. The Morgan fingerprint density at radius 1 is 0.786 bits per heavy atom. The van der Waals surface area contributed by atoms with Crippen LogP contribution in [0.5, 0.6) is 0 Å². The summed E-state index contributed by atoms with van der Waals surface area (Å²) >= 11 is 6.13. The molecule has 1 atom stereocenters. The molecule has 208 valence electrons. The minimum absolute atomic E-state index is 0.0754. The van der Waals surface area contributed by atoms with E-state index in [1.54, 1.807) is 29.2 Å². The molecule has 2 aliphatic heterocycles. The van der Waals surface area contributed by atoms with Crippen LogP contribution in [-0.4, -0.2) is 16.7 Å². The number of hydrogen-bond acceptors (Lipinski definition) is 4. The number of rotatable bonds is 4. The molecular formula is C35H27ClN2O4. The van der Waals surface area contributed by atoms with Crippen LogP contribution in [0.2, 0.25) is 5.02 Å². The summed E-state index contributed by atoms with van der Waals surface area (Å²) in [4.78, 5) is 46.9. The van der Waals surface area contributed by atoms with Gasteiger partial charge in [0, 0.05) is 17.1 Å². The molecule has 0 saturated heterocycles. The van der Waals surface area contributed by atoms with Gasteiger partial charge in [0.25, 0.3) is 11.8 Å². The van der Waals surface area contributed by atoms with Gasteiger partial charge in [-0.1, -0.05) is 71.8 Å². The predicted octanol–water partition coefficient (Wildman–Crippen LogP) is 6.82. The summed E-state index contributed by atoms with van der Waals surface area (Å²) in [6, 6.07) is 26.1. The van der Waals surface area contributed by atoms with Gasteiger partial charge in [-0.05, 0) is 73.4 Å². The number of anilines is 1. The van der Waals surface area contributed by atoms with Crippen LogP contribution >= 0.6 is 11.6 Å². The van der Waals surface area contributed by atoms with Gasteiger partial charge in [-0.3, -0.25) is 14.4 Å². The number of hydrogen-bond donors (Lipinski definition) is 0. The van der Waals surface area contributed by atoms with Crippen molar-refractivity contribution < 1.29 is 14.0 Å². The molecule has 1 aromatic heterocycles. The molecule has 1 unspecified atom stereocenters. The molecule has 2 amide bonds. The fraction of sp³-hybridized carbons (Fsp3) is 0.171. The topological polar surface area (TPSA) is 70.8 Å². The second-order valence-electron chi connectivity index (χ2n) is 11.2. The van der Waals surface area contributed by atoms with Crippen molar-refractivity contribution in [2.75, 3.05) is 4.90 Å². The van der Waals surface area contributed by atoms with E-state index < -0.39 is 11.4 Å². The van der Waals surface area contributed by atoms with Crippen LogP contribution in [0.1, 0.15) is 49.5 Å². The van der Waals surface area contributed by atoms with E-state index in [4.69, 9.17) is 16.0 Å². The number of aryl methyl sites for hydroxylation is 3. The van der Waals surface area contributed by atoms with Crippen LogP contribution in [0.15, 0.2) is 94.1 Å². The average molecular weight is 575 g/mol. The maximum Gasteiger partial charge on any atom is 0.291 e. The van der Waals surface area contributed by atoms with Crippen LogP contribution < -0.4 is 10.3 Å². The van der Waals surface area contributed by atoms with Gasteiger partial charge in [-0.15, -0.1) is 0 Å². The van der Waals surface area contributed by atoms with E-state index in [1.807, 2.05) is 81.4 Å². The summed E-state index contributed by atoms with van der Waals surface area (Å²) in [7, 11) is 0. The van der Waals surface area contributed by atoms with Gasteiger partial charge >= 0.3 is 0 Å². The maximum atomic E-state index is 15.0. The van der Waals surface area contributed by atoms with Crippen molar-refractivity contribution in [3.8, 4) is 0 Å². The van der Waals surface area contributed by atoms with Crippen molar-refractivity contribution in [3.05, 3.63) is 145 Å². The van der Waals surface area contributed by atoms with E-state index in [9.17, 15) is 14.4 Å².